The van der Waals surface area contributed by atoms with E-state index in [2.05, 4.69) is 22.3 Å². The maximum atomic E-state index is 13.4. The van der Waals surface area contributed by atoms with E-state index in [1.165, 1.54) is 16.4 Å². The number of benzene rings is 3. The minimum Gasteiger partial charge on any atom is -0.368 e. The second-order valence-electron chi connectivity index (χ2n) is 9.96. The van der Waals surface area contributed by atoms with Crippen LogP contribution in [0.1, 0.15) is 46.4 Å². The van der Waals surface area contributed by atoms with Crippen LogP contribution in [0.5, 0.6) is 0 Å². The lowest BCUT2D eigenvalue weighted by Gasteiger charge is -2.36. The maximum absolute atomic E-state index is 13.4. The number of nitrogens with zero attached hydrogens (tertiary/aromatic N) is 3. The minimum atomic E-state index is -3.69. The average Bonchev–Trinajstić information content (AvgIpc) is 3.28. The van der Waals surface area contributed by atoms with E-state index < -0.39 is 15.9 Å². The first-order valence-corrected chi connectivity index (χ1v) is 15.0. The van der Waals surface area contributed by atoms with Gasteiger partial charge in [-0.15, -0.1) is 0 Å². The van der Waals surface area contributed by atoms with Crippen LogP contribution in [0.15, 0.2) is 83.8 Å². The molecule has 0 unspecified atom stereocenters. The van der Waals surface area contributed by atoms with Crippen LogP contribution < -0.4 is 10.2 Å². The Morgan fingerprint density at radius 1 is 0.692 bits per heavy atom. The highest BCUT2D eigenvalue weighted by Gasteiger charge is 2.27. The summed E-state index contributed by atoms with van der Waals surface area (Å²) in [7, 11) is -3.69. The van der Waals surface area contributed by atoms with Gasteiger partial charge in [0.05, 0.1) is 16.1 Å². The molecule has 0 spiro atoms. The standard InChI is InChI=1S/C30H34N4O4S/c35-29(24-11-10-14-26(23-24)39(37,38)34-17-8-1-2-9-18-34)31-28-16-7-6-15-27(28)30(36)33-21-19-32(20-22-33)25-12-4-3-5-13-25/h3-7,10-16,23H,1-2,8-9,17-22H2,(H,31,35). The van der Waals surface area contributed by atoms with E-state index in [1.807, 2.05) is 18.2 Å². The highest BCUT2D eigenvalue weighted by atomic mass is 32.2. The van der Waals surface area contributed by atoms with Crippen LogP contribution in [0, 0.1) is 0 Å². The molecule has 8 nitrogen and oxygen atoms in total. The van der Waals surface area contributed by atoms with Gasteiger partial charge in [0.1, 0.15) is 0 Å². The second-order valence-corrected chi connectivity index (χ2v) is 11.9. The second kappa shape index (κ2) is 12.0. The predicted molar refractivity (Wildman–Crippen MR) is 153 cm³/mol. The number of para-hydroxylation sites is 2. The first kappa shape index (κ1) is 26.9. The SMILES string of the molecule is O=C(Nc1ccccc1C(=O)N1CCN(c2ccccc2)CC1)c1cccc(S(=O)(=O)N2CCCCCC2)c1. The van der Waals surface area contributed by atoms with E-state index in [9.17, 15) is 18.0 Å². The van der Waals surface area contributed by atoms with Crippen molar-refractivity contribution in [3.05, 3.63) is 90.0 Å². The van der Waals surface area contributed by atoms with Gasteiger partial charge in [-0.1, -0.05) is 49.2 Å². The zero-order chi connectivity index (χ0) is 27.2. The lowest BCUT2D eigenvalue weighted by Crippen LogP contribution is -2.48. The molecule has 0 aromatic heterocycles. The summed E-state index contributed by atoms with van der Waals surface area (Å²) >= 11 is 0. The number of piperazine rings is 1. The van der Waals surface area contributed by atoms with E-state index in [4.69, 9.17) is 0 Å². The Morgan fingerprint density at radius 3 is 2.08 bits per heavy atom. The van der Waals surface area contributed by atoms with Gasteiger partial charge in [0.25, 0.3) is 11.8 Å². The van der Waals surface area contributed by atoms with Gasteiger partial charge in [-0.05, 0) is 55.3 Å². The highest BCUT2D eigenvalue weighted by molar-refractivity contribution is 7.89. The van der Waals surface area contributed by atoms with Crippen molar-refractivity contribution in [2.45, 2.75) is 30.6 Å². The van der Waals surface area contributed by atoms with Crippen molar-refractivity contribution in [3.8, 4) is 0 Å². The summed E-state index contributed by atoms with van der Waals surface area (Å²) < 4.78 is 28.0. The van der Waals surface area contributed by atoms with Crippen LogP contribution in [0.2, 0.25) is 0 Å². The van der Waals surface area contributed by atoms with Crippen LogP contribution in [0.4, 0.5) is 11.4 Å². The first-order chi connectivity index (χ1) is 18.9. The summed E-state index contributed by atoms with van der Waals surface area (Å²) in [6, 6.07) is 23.2. The molecule has 0 radical (unpaired) electrons. The third-order valence-corrected chi connectivity index (χ3v) is 9.29. The molecule has 0 saturated carbocycles. The number of hydrogen-bond donors (Lipinski definition) is 1. The number of amides is 2. The molecule has 0 bridgehead atoms. The molecule has 0 atom stereocenters. The van der Waals surface area contributed by atoms with Crippen molar-refractivity contribution < 1.29 is 18.0 Å². The molecule has 2 amide bonds. The Balaban J connectivity index is 1.28. The number of carbonyl (C=O) groups is 2. The number of carbonyl (C=O) groups excluding carboxylic acids is 2. The quantitative estimate of drug-likeness (QED) is 0.493. The molecule has 2 fully saturated rings. The van der Waals surface area contributed by atoms with Crippen LogP contribution >= 0.6 is 0 Å². The summed E-state index contributed by atoms with van der Waals surface area (Å²) in [5.74, 6) is -0.604. The van der Waals surface area contributed by atoms with Gasteiger partial charge in [-0.25, -0.2) is 8.42 Å². The van der Waals surface area contributed by atoms with E-state index >= 15 is 0 Å². The lowest BCUT2D eigenvalue weighted by molar-refractivity contribution is 0.0748. The van der Waals surface area contributed by atoms with Crippen molar-refractivity contribution in [1.82, 2.24) is 9.21 Å². The number of anilines is 2. The maximum Gasteiger partial charge on any atom is 0.256 e. The van der Waals surface area contributed by atoms with Gasteiger partial charge in [0, 0.05) is 50.5 Å². The molecule has 9 heteroatoms. The molecule has 2 saturated heterocycles. The monoisotopic (exact) mass is 546 g/mol. The van der Waals surface area contributed by atoms with Crippen LogP contribution in [-0.2, 0) is 10.0 Å². The largest absolute Gasteiger partial charge is 0.368 e. The molecule has 204 valence electrons. The minimum absolute atomic E-state index is 0.109. The third kappa shape index (κ3) is 6.15. The van der Waals surface area contributed by atoms with Crippen LogP contribution in [0.3, 0.4) is 0 Å². The number of rotatable bonds is 6. The van der Waals surface area contributed by atoms with Crippen LogP contribution in [0.25, 0.3) is 0 Å². The summed E-state index contributed by atoms with van der Waals surface area (Å²) in [6.45, 7) is 3.59. The van der Waals surface area contributed by atoms with Gasteiger partial charge in [0.15, 0.2) is 0 Å². The molecule has 3 aromatic carbocycles. The Bertz CT molecular complexity index is 1410. The first-order valence-electron chi connectivity index (χ1n) is 13.5. The number of sulfonamides is 1. The fourth-order valence-electron chi connectivity index (χ4n) is 5.18. The van der Waals surface area contributed by atoms with E-state index in [1.54, 1.807) is 41.3 Å². The fourth-order valence-corrected chi connectivity index (χ4v) is 6.74. The normalized spacial score (nSPS) is 16.9. The molecule has 0 aliphatic carbocycles. The van der Waals surface area contributed by atoms with Crippen molar-refractivity contribution in [2.24, 2.45) is 0 Å². The predicted octanol–water partition coefficient (Wildman–Crippen LogP) is 4.47. The molecule has 2 aliphatic heterocycles. The Morgan fingerprint density at radius 2 is 1.36 bits per heavy atom. The summed E-state index contributed by atoms with van der Waals surface area (Å²) in [5.41, 5.74) is 2.17. The Kier molecular flexibility index (Phi) is 8.28. The van der Waals surface area contributed by atoms with Crippen molar-refractivity contribution >= 4 is 33.2 Å². The zero-order valence-corrected chi connectivity index (χ0v) is 22.8. The smallest absolute Gasteiger partial charge is 0.256 e. The molecular weight excluding hydrogens is 512 g/mol. The fraction of sp³-hybridized carbons (Fsp3) is 0.333. The summed E-state index contributed by atoms with van der Waals surface area (Å²) in [6.07, 6.45) is 3.72. The topological polar surface area (TPSA) is 90.0 Å². The molecular formula is C30H34N4O4S. The molecule has 2 aliphatic rings. The zero-order valence-electron chi connectivity index (χ0n) is 22.0. The summed E-state index contributed by atoms with van der Waals surface area (Å²) in [5, 5.41) is 2.84. The van der Waals surface area contributed by atoms with Crippen LogP contribution in [-0.4, -0.2) is 68.7 Å². The molecule has 2 heterocycles. The van der Waals surface area contributed by atoms with Gasteiger partial charge in [-0.3, -0.25) is 9.59 Å². The van der Waals surface area contributed by atoms with Crippen molar-refractivity contribution in [1.29, 1.82) is 0 Å². The lowest BCUT2D eigenvalue weighted by atomic mass is 10.1. The molecule has 3 aromatic rings. The van der Waals surface area contributed by atoms with Gasteiger partial charge in [-0.2, -0.15) is 4.31 Å². The van der Waals surface area contributed by atoms with E-state index in [0.29, 0.717) is 37.4 Å². The van der Waals surface area contributed by atoms with Gasteiger partial charge < -0.3 is 15.1 Å². The summed E-state index contributed by atoms with van der Waals surface area (Å²) in [4.78, 5) is 30.8. The van der Waals surface area contributed by atoms with Crippen molar-refractivity contribution in [3.63, 3.8) is 0 Å². The Hall–Kier alpha value is -3.69. The highest BCUT2D eigenvalue weighted by Crippen LogP contribution is 2.24. The van der Waals surface area contributed by atoms with Gasteiger partial charge in [0.2, 0.25) is 10.0 Å². The number of hydrogen-bond acceptors (Lipinski definition) is 5. The molecule has 1 N–H and O–H groups in total. The average molecular weight is 547 g/mol. The van der Waals surface area contributed by atoms with Gasteiger partial charge >= 0.3 is 0 Å². The van der Waals surface area contributed by atoms with Crippen molar-refractivity contribution in [2.75, 3.05) is 49.5 Å². The van der Waals surface area contributed by atoms with E-state index in [0.717, 1.165) is 44.5 Å². The third-order valence-electron chi connectivity index (χ3n) is 7.39. The molecule has 5 rings (SSSR count). The van der Waals surface area contributed by atoms with E-state index in [-0.39, 0.29) is 16.4 Å². The number of nitrogens with one attached hydrogen (secondary N) is 1. The Labute approximate surface area is 230 Å². The molecule has 39 heavy (non-hydrogen) atoms.